The van der Waals surface area contributed by atoms with Gasteiger partial charge in [0.2, 0.25) is 0 Å². The summed E-state index contributed by atoms with van der Waals surface area (Å²) in [5.74, 6) is 0.342. The fraction of sp³-hybridized carbons (Fsp3) is 0.385. The molecule has 1 aliphatic heterocycles. The summed E-state index contributed by atoms with van der Waals surface area (Å²) in [6.45, 7) is 5.71. The van der Waals surface area contributed by atoms with Crippen molar-refractivity contribution in [3.8, 4) is 0 Å². The number of carbonyl (C=O) groups excluding carboxylic acids is 1. The van der Waals surface area contributed by atoms with Crippen LogP contribution >= 0.6 is 0 Å². The third-order valence-electron chi connectivity index (χ3n) is 2.85. The van der Waals surface area contributed by atoms with Crippen LogP contribution in [-0.4, -0.2) is 17.8 Å². The molecule has 0 spiro atoms. The van der Waals surface area contributed by atoms with Crippen LogP contribution in [0.1, 0.15) is 25.0 Å². The summed E-state index contributed by atoms with van der Waals surface area (Å²) < 4.78 is 13.0. The van der Waals surface area contributed by atoms with Gasteiger partial charge in [0.25, 0.3) is 5.91 Å². The first-order chi connectivity index (χ1) is 7.99. The van der Waals surface area contributed by atoms with Crippen molar-refractivity contribution in [3.63, 3.8) is 0 Å². The Morgan fingerprint density at radius 3 is 2.65 bits per heavy atom. The van der Waals surface area contributed by atoms with E-state index in [1.165, 1.54) is 12.1 Å². The Morgan fingerprint density at radius 2 is 2.12 bits per heavy atom. The van der Waals surface area contributed by atoms with Gasteiger partial charge in [-0.3, -0.25) is 9.79 Å². The van der Waals surface area contributed by atoms with Crippen molar-refractivity contribution in [2.45, 2.75) is 26.8 Å². The highest BCUT2D eigenvalue weighted by molar-refractivity contribution is 6.14. The first kappa shape index (κ1) is 11.8. The molecule has 0 aliphatic carbocycles. The van der Waals surface area contributed by atoms with Crippen molar-refractivity contribution in [1.29, 1.82) is 0 Å². The van der Waals surface area contributed by atoms with Gasteiger partial charge in [-0.2, -0.15) is 0 Å². The second-order valence-corrected chi connectivity index (χ2v) is 4.62. The van der Waals surface area contributed by atoms with Gasteiger partial charge in [0, 0.05) is 5.56 Å². The Bertz CT molecular complexity index is 494. The number of benzene rings is 1. The van der Waals surface area contributed by atoms with Gasteiger partial charge in [0.05, 0.1) is 0 Å². The molecule has 1 unspecified atom stereocenters. The number of nitrogens with zero attached hydrogens (tertiary/aromatic N) is 1. The van der Waals surface area contributed by atoms with E-state index in [4.69, 9.17) is 0 Å². The molecule has 1 N–H and O–H groups in total. The van der Waals surface area contributed by atoms with E-state index in [1.807, 2.05) is 13.8 Å². The highest BCUT2D eigenvalue weighted by Crippen LogP contribution is 2.17. The van der Waals surface area contributed by atoms with Crippen LogP contribution in [0.2, 0.25) is 0 Å². The maximum atomic E-state index is 13.0. The first-order valence-corrected chi connectivity index (χ1v) is 5.64. The predicted molar refractivity (Wildman–Crippen MR) is 64.4 cm³/mol. The molecule has 0 bridgehead atoms. The van der Waals surface area contributed by atoms with E-state index in [-0.39, 0.29) is 23.7 Å². The van der Waals surface area contributed by atoms with Gasteiger partial charge in [0.15, 0.2) is 0 Å². The third-order valence-corrected chi connectivity index (χ3v) is 2.85. The van der Waals surface area contributed by atoms with Crippen LogP contribution in [-0.2, 0) is 4.79 Å². The largest absolute Gasteiger partial charge is 0.309 e. The van der Waals surface area contributed by atoms with E-state index in [2.05, 4.69) is 10.3 Å². The summed E-state index contributed by atoms with van der Waals surface area (Å²) in [7, 11) is 0. The molecule has 1 heterocycles. The minimum absolute atomic E-state index is 0.0845. The summed E-state index contributed by atoms with van der Waals surface area (Å²) in [5, 5.41) is 2.75. The average Bonchev–Trinajstić information content (AvgIpc) is 2.60. The predicted octanol–water partition coefficient (Wildman–Crippen LogP) is 2.04. The maximum absolute atomic E-state index is 13.0. The number of amidine groups is 1. The SMILES string of the molecule is Cc1cc(F)ccc1C1=NC(C(C)C)C(=O)N1. The third kappa shape index (κ3) is 2.20. The number of aliphatic imine (C=N–C) groups is 1. The van der Waals surface area contributed by atoms with Crippen molar-refractivity contribution in [2.24, 2.45) is 10.9 Å². The molecule has 0 fully saturated rings. The second kappa shape index (κ2) is 4.28. The zero-order valence-corrected chi connectivity index (χ0v) is 10.1. The van der Waals surface area contributed by atoms with Crippen LogP contribution in [0.4, 0.5) is 4.39 Å². The maximum Gasteiger partial charge on any atom is 0.250 e. The fourth-order valence-corrected chi connectivity index (χ4v) is 1.90. The zero-order chi connectivity index (χ0) is 12.6. The highest BCUT2D eigenvalue weighted by Gasteiger charge is 2.29. The van der Waals surface area contributed by atoms with Crippen LogP contribution in [0.3, 0.4) is 0 Å². The monoisotopic (exact) mass is 234 g/mol. The summed E-state index contributed by atoms with van der Waals surface area (Å²) in [4.78, 5) is 16.0. The van der Waals surface area contributed by atoms with Gasteiger partial charge in [-0.25, -0.2) is 4.39 Å². The van der Waals surface area contributed by atoms with Crippen LogP contribution < -0.4 is 5.32 Å². The zero-order valence-electron chi connectivity index (χ0n) is 10.1. The molecule has 4 heteroatoms. The summed E-state index contributed by atoms with van der Waals surface area (Å²) in [5.41, 5.74) is 1.55. The normalized spacial score (nSPS) is 19.5. The van der Waals surface area contributed by atoms with Gasteiger partial charge < -0.3 is 5.32 Å². The molecule has 1 aromatic carbocycles. The molecule has 0 aromatic heterocycles. The van der Waals surface area contributed by atoms with E-state index in [9.17, 15) is 9.18 Å². The number of hydrogen-bond donors (Lipinski definition) is 1. The molecule has 3 nitrogen and oxygen atoms in total. The molecule has 17 heavy (non-hydrogen) atoms. The van der Waals surface area contributed by atoms with Crippen LogP contribution in [0.15, 0.2) is 23.2 Å². The highest BCUT2D eigenvalue weighted by atomic mass is 19.1. The molecule has 2 rings (SSSR count). The Balaban J connectivity index is 2.36. The van der Waals surface area contributed by atoms with Crippen molar-refractivity contribution in [1.82, 2.24) is 5.32 Å². The number of halogens is 1. The fourth-order valence-electron chi connectivity index (χ4n) is 1.90. The Morgan fingerprint density at radius 1 is 1.41 bits per heavy atom. The lowest BCUT2D eigenvalue weighted by atomic mass is 10.1. The lowest BCUT2D eigenvalue weighted by molar-refractivity contribution is -0.120. The molecule has 90 valence electrons. The summed E-state index contributed by atoms with van der Waals surface area (Å²) >= 11 is 0. The van der Waals surface area contributed by atoms with E-state index >= 15 is 0 Å². The number of carbonyl (C=O) groups is 1. The van der Waals surface area contributed by atoms with Crippen molar-refractivity contribution < 1.29 is 9.18 Å². The number of nitrogens with one attached hydrogen (secondary N) is 1. The van der Waals surface area contributed by atoms with Crippen molar-refractivity contribution >= 4 is 11.7 Å². The number of rotatable bonds is 2. The number of amides is 1. The van der Waals surface area contributed by atoms with Crippen LogP contribution in [0.25, 0.3) is 0 Å². The van der Waals surface area contributed by atoms with Crippen molar-refractivity contribution in [3.05, 3.63) is 35.1 Å². The molecule has 1 aromatic rings. The smallest absolute Gasteiger partial charge is 0.250 e. The standard InChI is InChI=1S/C13H15FN2O/c1-7(2)11-13(17)16-12(15-11)10-5-4-9(14)6-8(10)3/h4-7,11H,1-3H3,(H,15,16,17). The van der Waals surface area contributed by atoms with E-state index in [0.29, 0.717) is 5.84 Å². The van der Waals surface area contributed by atoms with E-state index < -0.39 is 0 Å². The molecule has 1 amide bonds. The topological polar surface area (TPSA) is 41.5 Å². The number of hydrogen-bond acceptors (Lipinski definition) is 2. The minimum atomic E-state index is -0.338. The molecule has 0 radical (unpaired) electrons. The second-order valence-electron chi connectivity index (χ2n) is 4.62. The Labute approximate surface area is 99.8 Å². The van der Waals surface area contributed by atoms with Gasteiger partial charge >= 0.3 is 0 Å². The molecule has 0 saturated carbocycles. The minimum Gasteiger partial charge on any atom is -0.309 e. The summed E-state index contributed by atoms with van der Waals surface area (Å²) in [6, 6.07) is 4.12. The van der Waals surface area contributed by atoms with Crippen LogP contribution in [0, 0.1) is 18.7 Å². The van der Waals surface area contributed by atoms with Gasteiger partial charge in [-0.05, 0) is 36.6 Å². The van der Waals surface area contributed by atoms with Crippen molar-refractivity contribution in [2.75, 3.05) is 0 Å². The van der Waals surface area contributed by atoms with Crippen LogP contribution in [0.5, 0.6) is 0 Å². The lowest BCUT2D eigenvalue weighted by Crippen LogP contribution is -2.31. The average molecular weight is 234 g/mol. The van der Waals surface area contributed by atoms with Gasteiger partial charge in [-0.15, -0.1) is 0 Å². The first-order valence-electron chi connectivity index (χ1n) is 5.64. The summed E-state index contributed by atoms with van der Waals surface area (Å²) in [6.07, 6.45) is 0. The van der Waals surface area contributed by atoms with E-state index in [0.717, 1.165) is 11.1 Å². The molecular formula is C13H15FN2O. The van der Waals surface area contributed by atoms with Gasteiger partial charge in [-0.1, -0.05) is 13.8 Å². The molecular weight excluding hydrogens is 219 g/mol. The Hall–Kier alpha value is -1.71. The molecule has 1 aliphatic rings. The number of aryl methyl sites for hydroxylation is 1. The van der Waals surface area contributed by atoms with E-state index in [1.54, 1.807) is 13.0 Å². The Kier molecular flexibility index (Phi) is 2.96. The quantitative estimate of drug-likeness (QED) is 0.835. The molecule has 1 atom stereocenters. The molecule has 0 saturated heterocycles. The van der Waals surface area contributed by atoms with Gasteiger partial charge in [0.1, 0.15) is 17.7 Å². The lowest BCUT2D eigenvalue weighted by Gasteiger charge is -2.06.